The average Bonchev–Trinajstić information content (AvgIpc) is 2.76. The van der Waals surface area contributed by atoms with Crippen molar-refractivity contribution in [1.29, 1.82) is 0 Å². The molecule has 0 fully saturated rings. The summed E-state index contributed by atoms with van der Waals surface area (Å²) in [4.78, 5) is 12.7. The van der Waals surface area contributed by atoms with Crippen LogP contribution in [-0.2, 0) is 14.1 Å². The van der Waals surface area contributed by atoms with Gasteiger partial charge in [0.05, 0.1) is 28.3 Å². The number of ether oxygens (including phenoxy) is 2. The maximum absolute atomic E-state index is 12.7. The Kier molecular flexibility index (Phi) is 8.01. The van der Waals surface area contributed by atoms with E-state index in [1.54, 1.807) is 37.4 Å². The fourth-order valence-electron chi connectivity index (χ4n) is 3.07. The molecule has 0 radical (unpaired) electrons. The fraction of sp³-hybridized carbons (Fsp3) is 0.167. The van der Waals surface area contributed by atoms with E-state index < -0.39 is 0 Å². The van der Waals surface area contributed by atoms with Gasteiger partial charge in [-0.25, -0.2) is 0 Å². The number of rotatable bonds is 6. The molecule has 0 bridgehead atoms. The first-order valence-corrected chi connectivity index (χ1v) is 9.27. The van der Waals surface area contributed by atoms with E-state index in [0.29, 0.717) is 0 Å². The maximum atomic E-state index is 12.7. The second kappa shape index (κ2) is 10.5. The van der Waals surface area contributed by atoms with Crippen LogP contribution in [0.3, 0.4) is 0 Å². The van der Waals surface area contributed by atoms with Crippen molar-refractivity contribution in [3.8, 4) is 11.5 Å². The Balaban J connectivity index is 0.00000320. The first-order valence-electron chi connectivity index (χ1n) is 9.27. The number of aromatic nitrogens is 2. The van der Waals surface area contributed by atoms with Crippen LogP contribution < -0.4 is 32.1 Å². The predicted molar refractivity (Wildman–Crippen MR) is 117 cm³/mol. The highest BCUT2D eigenvalue weighted by molar-refractivity contribution is 5.74. The van der Waals surface area contributed by atoms with Crippen molar-refractivity contribution in [1.82, 2.24) is 4.57 Å². The highest BCUT2D eigenvalue weighted by Crippen LogP contribution is 2.21. The number of para-hydroxylation sites is 2. The maximum Gasteiger partial charge on any atom is 0.498 e. The van der Waals surface area contributed by atoms with Crippen LogP contribution in [0.2, 0.25) is 0 Å². The van der Waals surface area contributed by atoms with Gasteiger partial charge in [-0.2, -0.15) is 13.9 Å². The highest BCUT2D eigenvalue weighted by atomic mass is 35.5. The summed E-state index contributed by atoms with van der Waals surface area (Å²) in [6.07, 6.45) is 7.72. The Morgan fingerprint density at radius 2 is 1.33 bits per heavy atom. The lowest BCUT2D eigenvalue weighted by molar-refractivity contribution is -0.692. The Labute approximate surface area is 182 Å². The van der Waals surface area contributed by atoms with Crippen molar-refractivity contribution in [3.05, 3.63) is 87.6 Å². The largest absolute Gasteiger partial charge is 1.00 e. The minimum atomic E-state index is -0.105. The van der Waals surface area contributed by atoms with Crippen molar-refractivity contribution in [2.45, 2.75) is 0 Å². The summed E-state index contributed by atoms with van der Waals surface area (Å²) in [5.74, 6) is 1.57. The molecular formula is C24H25ClN2O3. The van der Waals surface area contributed by atoms with E-state index in [1.807, 2.05) is 78.9 Å². The second-order valence-corrected chi connectivity index (χ2v) is 6.55. The van der Waals surface area contributed by atoms with Gasteiger partial charge < -0.3 is 21.9 Å². The standard InChI is InChI=1S/C24H25N2O3.ClH/c1-25-20(15-13-18-9-5-7-11-22(18)28-3)17-21(26(2)24(25)27)16-14-19-10-6-8-12-23(19)29-4;/h5-17H,1-4H3;1H/q+1;/p-1/b15-13+,16-14+;. The third kappa shape index (κ3) is 4.99. The van der Waals surface area contributed by atoms with Gasteiger partial charge in [0.25, 0.3) is 0 Å². The zero-order chi connectivity index (χ0) is 20.8. The quantitative estimate of drug-likeness (QED) is 0.543. The first kappa shape index (κ1) is 23.0. The second-order valence-electron chi connectivity index (χ2n) is 6.55. The molecule has 3 aromatic rings. The molecule has 156 valence electrons. The number of halogens is 1. The monoisotopic (exact) mass is 424 g/mol. The van der Waals surface area contributed by atoms with Crippen LogP contribution >= 0.6 is 0 Å². The molecule has 1 aromatic heterocycles. The molecule has 0 spiro atoms. The van der Waals surface area contributed by atoms with Crippen LogP contribution in [0.4, 0.5) is 0 Å². The fourth-order valence-corrected chi connectivity index (χ4v) is 3.07. The van der Waals surface area contributed by atoms with Crippen LogP contribution in [0.1, 0.15) is 22.5 Å². The van der Waals surface area contributed by atoms with Crippen molar-refractivity contribution in [2.75, 3.05) is 14.2 Å². The van der Waals surface area contributed by atoms with Gasteiger partial charge in [-0.15, -0.1) is 0 Å². The zero-order valence-electron chi connectivity index (χ0n) is 17.5. The smallest absolute Gasteiger partial charge is 0.498 e. The third-order valence-corrected chi connectivity index (χ3v) is 4.79. The molecule has 30 heavy (non-hydrogen) atoms. The van der Waals surface area contributed by atoms with Gasteiger partial charge in [-0.1, -0.05) is 36.4 Å². The molecule has 0 atom stereocenters. The van der Waals surface area contributed by atoms with E-state index >= 15 is 0 Å². The van der Waals surface area contributed by atoms with E-state index in [4.69, 9.17) is 9.47 Å². The van der Waals surface area contributed by atoms with Gasteiger partial charge in [-0.3, -0.25) is 0 Å². The lowest BCUT2D eigenvalue weighted by Crippen LogP contribution is -3.00. The first-order chi connectivity index (χ1) is 14.0. The summed E-state index contributed by atoms with van der Waals surface area (Å²) in [5, 5.41) is 0. The summed E-state index contributed by atoms with van der Waals surface area (Å²) >= 11 is 0. The van der Waals surface area contributed by atoms with Gasteiger partial charge in [-0.05, 0) is 36.4 Å². The summed E-state index contributed by atoms with van der Waals surface area (Å²) in [5.41, 5.74) is 3.37. The topological polar surface area (TPSA) is 44.3 Å². The third-order valence-electron chi connectivity index (χ3n) is 4.79. The Morgan fingerprint density at radius 3 is 1.87 bits per heavy atom. The molecule has 2 aromatic carbocycles. The molecule has 0 amide bonds. The van der Waals surface area contributed by atoms with Gasteiger partial charge in [0.1, 0.15) is 22.9 Å². The zero-order valence-corrected chi connectivity index (χ0v) is 18.3. The molecule has 1 heterocycles. The highest BCUT2D eigenvalue weighted by Gasteiger charge is 2.13. The van der Waals surface area contributed by atoms with E-state index in [-0.39, 0.29) is 18.1 Å². The Bertz CT molecular complexity index is 1050. The molecule has 5 nitrogen and oxygen atoms in total. The van der Waals surface area contributed by atoms with Crippen molar-refractivity contribution in [3.63, 3.8) is 0 Å². The molecule has 6 heteroatoms. The lowest BCUT2D eigenvalue weighted by atomic mass is 10.1. The Hall–Kier alpha value is -3.31. The van der Waals surface area contributed by atoms with Crippen molar-refractivity contribution < 1.29 is 26.4 Å². The molecule has 0 unspecified atom stereocenters. The SMILES string of the molecule is COc1ccccc1/C=C/c1cc(/C=C/c2ccccc2OC)[n+](C)c(=O)n1C.[Cl-]. The van der Waals surface area contributed by atoms with Crippen LogP contribution in [-0.4, -0.2) is 18.8 Å². The minimum absolute atomic E-state index is 0. The van der Waals surface area contributed by atoms with E-state index in [0.717, 1.165) is 34.0 Å². The molecule has 0 aliphatic carbocycles. The number of methoxy groups -OCH3 is 2. The molecule has 0 N–H and O–H groups in total. The lowest BCUT2D eigenvalue weighted by Gasteiger charge is -2.05. The number of nitrogens with zero attached hydrogens (tertiary/aromatic N) is 2. The van der Waals surface area contributed by atoms with Gasteiger partial charge >= 0.3 is 5.69 Å². The Morgan fingerprint density at radius 1 is 0.833 bits per heavy atom. The summed E-state index contributed by atoms with van der Waals surface area (Å²) < 4.78 is 14.0. The summed E-state index contributed by atoms with van der Waals surface area (Å²) in [6, 6.07) is 17.5. The number of hydrogen-bond acceptors (Lipinski definition) is 3. The predicted octanol–water partition coefficient (Wildman–Crippen LogP) is 0.572. The van der Waals surface area contributed by atoms with Gasteiger partial charge in [0.2, 0.25) is 0 Å². The normalized spacial score (nSPS) is 10.9. The summed E-state index contributed by atoms with van der Waals surface area (Å²) in [6.45, 7) is 0. The minimum Gasteiger partial charge on any atom is -1.00 e. The molecule has 0 aliphatic heterocycles. The number of hydrogen-bond donors (Lipinski definition) is 0. The van der Waals surface area contributed by atoms with E-state index in [9.17, 15) is 4.79 Å². The van der Waals surface area contributed by atoms with Gasteiger partial charge in [0, 0.05) is 17.2 Å². The van der Waals surface area contributed by atoms with Crippen LogP contribution in [0, 0.1) is 0 Å². The molecule has 0 aliphatic rings. The van der Waals surface area contributed by atoms with Crippen LogP contribution in [0.5, 0.6) is 11.5 Å². The van der Waals surface area contributed by atoms with Crippen molar-refractivity contribution in [2.24, 2.45) is 14.1 Å². The number of benzene rings is 2. The van der Waals surface area contributed by atoms with Crippen molar-refractivity contribution >= 4 is 24.3 Å². The molecular weight excluding hydrogens is 400 g/mol. The van der Waals surface area contributed by atoms with E-state index in [2.05, 4.69) is 0 Å². The van der Waals surface area contributed by atoms with E-state index in [1.165, 1.54) is 0 Å². The molecule has 3 rings (SSSR count). The summed E-state index contributed by atoms with van der Waals surface area (Å²) in [7, 11) is 6.81. The molecule has 0 saturated heterocycles. The van der Waals surface area contributed by atoms with Crippen LogP contribution in [0.15, 0.2) is 59.4 Å². The van der Waals surface area contributed by atoms with Gasteiger partial charge in [0.15, 0.2) is 0 Å². The molecule has 0 saturated carbocycles. The van der Waals surface area contributed by atoms with Crippen LogP contribution in [0.25, 0.3) is 24.3 Å². The average molecular weight is 425 g/mol.